The molecule has 0 radical (unpaired) electrons. The number of hydrogen-bond acceptors (Lipinski definition) is 5. The molecule has 1 aliphatic heterocycles. The molecule has 1 aromatic heterocycles. The predicted octanol–water partition coefficient (Wildman–Crippen LogP) is 2.37. The van der Waals surface area contributed by atoms with Crippen LogP contribution in [-0.4, -0.2) is 39.6 Å². The molecule has 0 saturated carbocycles. The van der Waals surface area contributed by atoms with Crippen LogP contribution in [0, 0.1) is 18.6 Å². The number of rotatable bonds is 6. The van der Waals surface area contributed by atoms with E-state index in [1.54, 1.807) is 0 Å². The van der Waals surface area contributed by atoms with Crippen LogP contribution in [0.3, 0.4) is 0 Å². The number of amides is 1. The lowest BCUT2D eigenvalue weighted by Gasteiger charge is -2.38. The highest BCUT2D eigenvalue weighted by atomic mass is 32.1. The molecule has 5 nitrogen and oxygen atoms in total. The molecule has 2 aromatic rings. The van der Waals surface area contributed by atoms with Gasteiger partial charge in [0.2, 0.25) is 0 Å². The molecule has 1 saturated heterocycles. The minimum Gasteiger partial charge on any atom is -0.379 e. The third-order valence-corrected chi connectivity index (χ3v) is 5.42. The maximum Gasteiger partial charge on any atom is 0.256 e. The normalized spacial score (nSPS) is 20.6. The molecule has 0 bridgehead atoms. The number of piperidine rings is 1. The van der Waals surface area contributed by atoms with Crippen molar-refractivity contribution in [1.82, 2.24) is 15.2 Å². The number of nitrogens with zero attached hydrogens (tertiary/aromatic N) is 2. The topological polar surface area (TPSA) is 65.5 Å². The maximum absolute atomic E-state index is 13.9. The van der Waals surface area contributed by atoms with Crippen LogP contribution in [-0.2, 0) is 17.9 Å². The first-order valence-corrected chi connectivity index (χ1v) is 9.33. The molecule has 1 aromatic carbocycles. The molecule has 140 valence electrons. The van der Waals surface area contributed by atoms with Gasteiger partial charge in [-0.3, -0.25) is 4.79 Å². The van der Waals surface area contributed by atoms with Gasteiger partial charge in [0.25, 0.3) is 5.91 Å². The molecule has 1 aliphatic rings. The highest BCUT2D eigenvalue weighted by molar-refractivity contribution is 7.09. The monoisotopic (exact) mass is 381 g/mol. The minimum absolute atomic E-state index is 0.0591. The molecule has 2 heterocycles. The Bertz CT molecular complexity index is 798. The van der Waals surface area contributed by atoms with Crippen LogP contribution >= 0.6 is 11.3 Å². The van der Waals surface area contributed by atoms with Crippen molar-refractivity contribution in [3.05, 3.63) is 51.5 Å². The Hall–Kier alpha value is -1.90. The lowest BCUT2D eigenvalue weighted by molar-refractivity contribution is -0.157. The fourth-order valence-electron chi connectivity index (χ4n) is 3.12. The van der Waals surface area contributed by atoms with E-state index in [0.717, 1.165) is 16.8 Å². The van der Waals surface area contributed by atoms with Gasteiger partial charge in [-0.1, -0.05) is 12.1 Å². The lowest BCUT2D eigenvalue weighted by atomic mass is 9.91. The van der Waals surface area contributed by atoms with Crippen LogP contribution in [0.25, 0.3) is 0 Å². The third kappa shape index (κ3) is 4.08. The molecule has 0 aliphatic carbocycles. The zero-order valence-corrected chi connectivity index (χ0v) is 15.3. The second-order valence-corrected chi connectivity index (χ2v) is 7.50. The van der Waals surface area contributed by atoms with E-state index >= 15 is 0 Å². The average Bonchev–Trinajstić information content (AvgIpc) is 3.01. The predicted molar refractivity (Wildman–Crippen MR) is 94.5 cm³/mol. The van der Waals surface area contributed by atoms with Crippen molar-refractivity contribution in [1.29, 1.82) is 0 Å². The Labute approximate surface area is 154 Å². The van der Waals surface area contributed by atoms with Gasteiger partial charge in [-0.2, -0.15) is 0 Å². The Kier molecular flexibility index (Phi) is 5.64. The number of halogens is 2. The van der Waals surface area contributed by atoms with E-state index in [0.29, 0.717) is 25.9 Å². The molecule has 3 rings (SSSR count). The van der Waals surface area contributed by atoms with E-state index in [9.17, 15) is 18.7 Å². The molecule has 8 heteroatoms. The largest absolute Gasteiger partial charge is 0.379 e. The summed E-state index contributed by atoms with van der Waals surface area (Å²) in [5.41, 5.74) is -0.509. The Balaban J connectivity index is 1.63. The Morgan fingerprint density at radius 1 is 1.42 bits per heavy atom. The van der Waals surface area contributed by atoms with Crippen LogP contribution in [0.1, 0.15) is 29.1 Å². The standard InChI is InChI=1S/C18H21F2N3O2S/c1-12-10-26-15(22-12)8-21-11-18(25)6-3-7-23(17(18)24)9-13-4-2-5-14(19)16(13)20/h2,4-5,10,21,25H,3,6-9,11H2,1H3. The second kappa shape index (κ2) is 7.77. The van der Waals surface area contributed by atoms with E-state index in [-0.39, 0.29) is 18.7 Å². The fraction of sp³-hybridized carbons (Fsp3) is 0.444. The van der Waals surface area contributed by atoms with Gasteiger partial charge in [0.15, 0.2) is 17.2 Å². The highest BCUT2D eigenvalue weighted by Gasteiger charge is 2.42. The Morgan fingerprint density at radius 3 is 2.96 bits per heavy atom. The summed E-state index contributed by atoms with van der Waals surface area (Å²) < 4.78 is 27.2. The number of thiazole rings is 1. The van der Waals surface area contributed by atoms with E-state index in [1.807, 2.05) is 12.3 Å². The van der Waals surface area contributed by atoms with Crippen molar-refractivity contribution in [3.63, 3.8) is 0 Å². The average molecular weight is 381 g/mol. The van der Waals surface area contributed by atoms with Crippen LogP contribution in [0.2, 0.25) is 0 Å². The molecule has 0 spiro atoms. The minimum atomic E-state index is -1.55. The van der Waals surface area contributed by atoms with Crippen LogP contribution in [0.15, 0.2) is 23.6 Å². The Morgan fingerprint density at radius 2 is 2.23 bits per heavy atom. The van der Waals surface area contributed by atoms with Gasteiger partial charge in [0.1, 0.15) is 5.01 Å². The van der Waals surface area contributed by atoms with Crippen LogP contribution in [0.5, 0.6) is 0 Å². The summed E-state index contributed by atoms with van der Waals surface area (Å²) in [5, 5.41) is 16.7. The molecule has 1 amide bonds. The zero-order valence-electron chi connectivity index (χ0n) is 14.5. The van der Waals surface area contributed by atoms with Crippen molar-refractivity contribution >= 4 is 17.2 Å². The van der Waals surface area contributed by atoms with Gasteiger partial charge < -0.3 is 15.3 Å². The summed E-state index contributed by atoms with van der Waals surface area (Å²) in [5.74, 6) is -2.36. The van der Waals surface area contributed by atoms with Crippen molar-refractivity contribution in [2.75, 3.05) is 13.1 Å². The van der Waals surface area contributed by atoms with E-state index in [1.165, 1.54) is 28.4 Å². The number of aromatic nitrogens is 1. The van der Waals surface area contributed by atoms with E-state index in [2.05, 4.69) is 10.3 Å². The smallest absolute Gasteiger partial charge is 0.256 e. The van der Waals surface area contributed by atoms with Gasteiger partial charge in [-0.25, -0.2) is 13.8 Å². The lowest BCUT2D eigenvalue weighted by Crippen LogP contribution is -2.57. The summed E-state index contributed by atoms with van der Waals surface area (Å²) in [6.07, 6.45) is 0.926. The van der Waals surface area contributed by atoms with Crippen molar-refractivity contribution in [2.24, 2.45) is 0 Å². The number of aryl methyl sites for hydroxylation is 1. The molecule has 26 heavy (non-hydrogen) atoms. The summed E-state index contributed by atoms with van der Waals surface area (Å²) in [6.45, 7) is 2.81. The SMILES string of the molecule is Cc1csc(CNCC2(O)CCCN(Cc3cccc(F)c3F)C2=O)n1. The molecular formula is C18H21F2N3O2S. The molecule has 1 atom stereocenters. The number of likely N-dealkylation sites (tertiary alicyclic amines) is 1. The second-order valence-electron chi connectivity index (χ2n) is 6.56. The first-order valence-electron chi connectivity index (χ1n) is 8.45. The van der Waals surface area contributed by atoms with Gasteiger partial charge in [-0.15, -0.1) is 11.3 Å². The number of hydrogen-bond donors (Lipinski definition) is 2. The first kappa shape index (κ1) is 18.9. The van der Waals surface area contributed by atoms with Crippen molar-refractivity contribution in [2.45, 2.75) is 38.5 Å². The number of carbonyl (C=O) groups is 1. The third-order valence-electron chi connectivity index (χ3n) is 4.46. The summed E-state index contributed by atoms with van der Waals surface area (Å²) in [7, 11) is 0. The van der Waals surface area contributed by atoms with Gasteiger partial charge >= 0.3 is 0 Å². The molecule has 2 N–H and O–H groups in total. The first-order chi connectivity index (χ1) is 12.4. The van der Waals surface area contributed by atoms with Gasteiger partial charge in [0, 0.05) is 42.8 Å². The van der Waals surface area contributed by atoms with E-state index < -0.39 is 23.1 Å². The number of carbonyl (C=O) groups excluding carboxylic acids is 1. The quantitative estimate of drug-likeness (QED) is 0.806. The molecular weight excluding hydrogens is 360 g/mol. The van der Waals surface area contributed by atoms with E-state index in [4.69, 9.17) is 0 Å². The number of benzene rings is 1. The zero-order chi connectivity index (χ0) is 18.7. The van der Waals surface area contributed by atoms with Crippen molar-refractivity contribution < 1.29 is 18.7 Å². The summed E-state index contributed by atoms with van der Waals surface area (Å²) in [6, 6.07) is 3.89. The molecule has 1 unspecified atom stereocenters. The number of nitrogens with one attached hydrogen (secondary N) is 1. The van der Waals surface area contributed by atoms with Crippen LogP contribution < -0.4 is 5.32 Å². The fourth-order valence-corrected chi connectivity index (χ4v) is 3.86. The number of aliphatic hydroxyl groups is 1. The maximum atomic E-state index is 13.9. The van der Waals surface area contributed by atoms with Crippen LogP contribution in [0.4, 0.5) is 8.78 Å². The van der Waals surface area contributed by atoms with Gasteiger partial charge in [-0.05, 0) is 25.8 Å². The van der Waals surface area contributed by atoms with Crippen molar-refractivity contribution in [3.8, 4) is 0 Å². The summed E-state index contributed by atoms with van der Waals surface area (Å²) >= 11 is 1.51. The summed E-state index contributed by atoms with van der Waals surface area (Å²) in [4.78, 5) is 18.4. The van der Waals surface area contributed by atoms with Gasteiger partial charge in [0.05, 0.1) is 0 Å². The highest BCUT2D eigenvalue weighted by Crippen LogP contribution is 2.25. The molecule has 1 fully saturated rings.